The number of nitrogens with two attached hydrogens (primary N) is 1. The zero-order valence-electron chi connectivity index (χ0n) is 12.4. The Hall–Kier alpha value is -1.65. The normalized spacial score (nSPS) is 28.8. The van der Waals surface area contributed by atoms with Crippen LogP contribution < -0.4 is 5.73 Å². The number of β-lactam (4-membered cyclic amide) rings is 1. The minimum absolute atomic E-state index is 0.00569. The van der Waals surface area contributed by atoms with Gasteiger partial charge >= 0.3 is 5.97 Å². The van der Waals surface area contributed by atoms with Gasteiger partial charge in [-0.25, -0.2) is 0 Å². The number of nitrogens with zero attached hydrogens (tertiary/aromatic N) is 2. The summed E-state index contributed by atoms with van der Waals surface area (Å²) in [5.41, 5.74) is 6.34. The number of thioether (sulfide) groups is 1. The van der Waals surface area contributed by atoms with E-state index in [-0.39, 0.29) is 30.1 Å². The summed E-state index contributed by atoms with van der Waals surface area (Å²) in [6, 6.07) is 5.29. The highest BCUT2D eigenvalue weighted by Crippen LogP contribution is 2.41. The van der Waals surface area contributed by atoms with Gasteiger partial charge in [-0.15, -0.1) is 11.8 Å². The Balaban J connectivity index is 1.58. The third-order valence-electron chi connectivity index (χ3n) is 3.97. The first-order chi connectivity index (χ1) is 11.3. The molecule has 10 heteroatoms. The molecule has 0 bridgehead atoms. The van der Waals surface area contributed by atoms with Gasteiger partial charge in [0.15, 0.2) is 0 Å². The van der Waals surface area contributed by atoms with Gasteiger partial charge in [-0.3, -0.25) is 19.7 Å². The van der Waals surface area contributed by atoms with E-state index < -0.39 is 21.3 Å². The Morgan fingerprint density at radius 3 is 2.79 bits per heavy atom. The first-order valence-corrected chi connectivity index (χ1v) is 8.93. The van der Waals surface area contributed by atoms with Crippen molar-refractivity contribution in [2.45, 2.75) is 22.3 Å². The summed E-state index contributed by atoms with van der Waals surface area (Å²) in [5.74, 6) is -0.187. The molecule has 0 aromatic heterocycles. The van der Waals surface area contributed by atoms with Crippen LogP contribution in [0.2, 0.25) is 0 Å². The Morgan fingerprint density at radius 1 is 1.50 bits per heavy atom. The van der Waals surface area contributed by atoms with Crippen molar-refractivity contribution in [2.75, 3.05) is 12.3 Å². The Labute approximate surface area is 150 Å². The van der Waals surface area contributed by atoms with Gasteiger partial charge in [-0.1, -0.05) is 15.9 Å². The predicted octanol–water partition coefficient (Wildman–Crippen LogP) is 1.01. The van der Waals surface area contributed by atoms with Crippen molar-refractivity contribution in [3.63, 3.8) is 0 Å². The molecule has 0 aliphatic carbocycles. The molecule has 2 N–H and O–H groups in total. The second kappa shape index (κ2) is 6.34. The highest BCUT2D eigenvalue weighted by atomic mass is 79.9. The van der Waals surface area contributed by atoms with Gasteiger partial charge in [0.05, 0.1) is 4.92 Å². The number of nitro benzene ring substituents is 1. The van der Waals surface area contributed by atoms with Gasteiger partial charge in [-0.05, 0) is 17.7 Å². The van der Waals surface area contributed by atoms with Crippen molar-refractivity contribution in [1.82, 2.24) is 4.90 Å². The monoisotopic (exact) mass is 415 g/mol. The molecule has 24 heavy (non-hydrogen) atoms. The SMILES string of the molecule is NC1C(=O)N2CC(Br)(C(=O)OCc3ccc([N+](=O)[O-])cc3)CS[C@H]12. The lowest BCUT2D eigenvalue weighted by Gasteiger charge is -2.51. The van der Waals surface area contributed by atoms with E-state index in [2.05, 4.69) is 15.9 Å². The molecule has 128 valence electrons. The number of rotatable bonds is 4. The van der Waals surface area contributed by atoms with Crippen molar-refractivity contribution in [3.05, 3.63) is 39.9 Å². The molecule has 3 rings (SSSR count). The summed E-state index contributed by atoms with van der Waals surface area (Å²) in [6.45, 7) is 0.224. The maximum Gasteiger partial charge on any atom is 0.325 e. The number of fused-ring (bicyclic) bond motifs is 1. The zero-order valence-corrected chi connectivity index (χ0v) is 14.8. The Kier molecular flexibility index (Phi) is 4.54. The fourth-order valence-electron chi connectivity index (χ4n) is 2.56. The van der Waals surface area contributed by atoms with Crippen LogP contribution in [0, 0.1) is 10.1 Å². The number of halogens is 1. The van der Waals surface area contributed by atoms with E-state index in [1.54, 1.807) is 4.90 Å². The second-order valence-corrected chi connectivity index (χ2v) is 8.28. The quantitative estimate of drug-likeness (QED) is 0.256. The summed E-state index contributed by atoms with van der Waals surface area (Å²) in [5, 5.41) is 10.5. The highest BCUT2D eigenvalue weighted by Gasteiger charge is 2.55. The third-order valence-corrected chi connectivity index (χ3v) is 6.74. The lowest BCUT2D eigenvalue weighted by Crippen LogP contribution is -2.72. The maximum atomic E-state index is 12.4. The number of alkyl halides is 1. The molecule has 0 spiro atoms. The summed E-state index contributed by atoms with van der Waals surface area (Å²) in [7, 11) is 0. The van der Waals surface area contributed by atoms with Crippen LogP contribution in [0.1, 0.15) is 5.56 Å². The van der Waals surface area contributed by atoms with Gasteiger partial charge in [0.1, 0.15) is 22.3 Å². The number of carbonyl (C=O) groups is 2. The van der Waals surface area contributed by atoms with Crippen LogP contribution in [-0.4, -0.2) is 49.7 Å². The number of carbonyl (C=O) groups excluding carboxylic acids is 2. The third kappa shape index (κ3) is 3.01. The molecule has 1 amide bonds. The standard InChI is InChI=1S/C14H14BrN3O5S/c15-14(6-17-11(19)10(16)12(17)24-7-14)13(20)23-5-8-1-3-9(4-2-8)18(21)22/h1-4,10,12H,5-7,16H2/t10?,12-,14?/m1/s1. The fraction of sp³-hybridized carbons (Fsp3) is 0.429. The molecular formula is C14H14BrN3O5S. The van der Waals surface area contributed by atoms with Crippen LogP contribution in [0.15, 0.2) is 24.3 Å². The molecule has 2 fully saturated rings. The molecule has 2 heterocycles. The number of non-ortho nitro benzene ring substituents is 1. The van der Waals surface area contributed by atoms with Crippen molar-refractivity contribution in [2.24, 2.45) is 5.73 Å². The van der Waals surface area contributed by atoms with E-state index in [9.17, 15) is 19.7 Å². The van der Waals surface area contributed by atoms with Crippen molar-refractivity contribution >= 4 is 45.3 Å². The van der Waals surface area contributed by atoms with Crippen LogP contribution in [0.25, 0.3) is 0 Å². The van der Waals surface area contributed by atoms with Crippen molar-refractivity contribution in [1.29, 1.82) is 0 Å². The average molecular weight is 416 g/mol. The number of amides is 1. The first-order valence-electron chi connectivity index (χ1n) is 7.09. The number of hydrogen-bond donors (Lipinski definition) is 1. The largest absolute Gasteiger partial charge is 0.460 e. The van der Waals surface area contributed by atoms with E-state index >= 15 is 0 Å². The fourth-order valence-corrected chi connectivity index (χ4v) is 4.67. The van der Waals surface area contributed by atoms with Crippen molar-refractivity contribution < 1.29 is 19.2 Å². The summed E-state index contributed by atoms with van der Waals surface area (Å²) < 4.78 is 4.33. The number of esters is 1. The van der Waals surface area contributed by atoms with Gasteiger partial charge in [0.2, 0.25) is 5.91 Å². The summed E-state index contributed by atoms with van der Waals surface area (Å²) in [4.78, 5) is 35.8. The molecule has 0 saturated carbocycles. The molecule has 2 unspecified atom stereocenters. The minimum atomic E-state index is -0.968. The summed E-state index contributed by atoms with van der Waals surface area (Å²) in [6.07, 6.45) is 0. The lowest BCUT2D eigenvalue weighted by atomic mass is 10.0. The smallest absolute Gasteiger partial charge is 0.325 e. The molecule has 0 radical (unpaired) electrons. The molecule has 8 nitrogen and oxygen atoms in total. The van der Waals surface area contributed by atoms with Crippen LogP contribution in [0.4, 0.5) is 5.69 Å². The topological polar surface area (TPSA) is 116 Å². The predicted molar refractivity (Wildman–Crippen MR) is 90.5 cm³/mol. The van der Waals surface area contributed by atoms with Crippen LogP contribution >= 0.6 is 27.7 Å². The van der Waals surface area contributed by atoms with Gasteiger partial charge in [-0.2, -0.15) is 0 Å². The van der Waals surface area contributed by atoms with E-state index in [0.717, 1.165) is 0 Å². The molecule has 3 atom stereocenters. The Morgan fingerprint density at radius 2 is 2.17 bits per heavy atom. The molecule has 2 saturated heterocycles. The van der Waals surface area contributed by atoms with E-state index in [1.807, 2.05) is 0 Å². The Bertz CT molecular complexity index is 700. The van der Waals surface area contributed by atoms with Crippen LogP contribution in [0.3, 0.4) is 0 Å². The number of ether oxygens (including phenoxy) is 1. The number of nitro groups is 1. The summed E-state index contributed by atoms with van der Waals surface area (Å²) >= 11 is 4.84. The molecule has 1 aromatic rings. The molecule has 2 aliphatic rings. The lowest BCUT2D eigenvalue weighted by molar-refractivity contribution is -0.384. The van der Waals surface area contributed by atoms with Gasteiger partial charge in [0.25, 0.3) is 5.69 Å². The van der Waals surface area contributed by atoms with Gasteiger partial charge < -0.3 is 15.4 Å². The van der Waals surface area contributed by atoms with E-state index in [1.165, 1.54) is 36.0 Å². The highest BCUT2D eigenvalue weighted by molar-refractivity contribution is 9.10. The first kappa shape index (κ1) is 17.2. The van der Waals surface area contributed by atoms with E-state index in [4.69, 9.17) is 10.5 Å². The molecule has 1 aromatic carbocycles. The average Bonchev–Trinajstić information content (AvgIpc) is 2.59. The van der Waals surface area contributed by atoms with Crippen LogP contribution in [0.5, 0.6) is 0 Å². The molecular weight excluding hydrogens is 402 g/mol. The second-order valence-electron chi connectivity index (χ2n) is 5.66. The van der Waals surface area contributed by atoms with Crippen molar-refractivity contribution in [3.8, 4) is 0 Å². The number of benzene rings is 1. The maximum absolute atomic E-state index is 12.4. The zero-order chi connectivity index (χ0) is 17.5. The minimum Gasteiger partial charge on any atom is -0.460 e. The molecule has 2 aliphatic heterocycles. The van der Waals surface area contributed by atoms with E-state index in [0.29, 0.717) is 11.3 Å². The van der Waals surface area contributed by atoms with Gasteiger partial charge in [0, 0.05) is 24.4 Å². The van der Waals surface area contributed by atoms with Crippen LogP contribution in [-0.2, 0) is 20.9 Å². The number of hydrogen-bond acceptors (Lipinski definition) is 7.